The maximum atomic E-state index is 12.4. The van der Waals surface area contributed by atoms with Gasteiger partial charge in [0, 0.05) is 19.8 Å². The number of hydrogen-bond donors (Lipinski definition) is 1. The van der Waals surface area contributed by atoms with Crippen LogP contribution in [0.2, 0.25) is 0 Å². The van der Waals surface area contributed by atoms with Crippen molar-refractivity contribution >= 4 is 11.7 Å². The molecule has 0 unspecified atom stereocenters. The first-order valence-corrected chi connectivity index (χ1v) is 8.73. The van der Waals surface area contributed by atoms with Gasteiger partial charge in [-0.1, -0.05) is 74.4 Å². The van der Waals surface area contributed by atoms with Crippen molar-refractivity contribution in [3.63, 3.8) is 0 Å². The number of carbonyl (C=O) groups is 1. The molecule has 0 aliphatic heterocycles. The van der Waals surface area contributed by atoms with E-state index < -0.39 is 0 Å². The summed E-state index contributed by atoms with van der Waals surface area (Å²) in [7, 11) is 3.54. The Bertz CT molecular complexity index is 573. The van der Waals surface area contributed by atoms with Crippen LogP contribution in [0.5, 0.6) is 0 Å². The standard InChI is InChI=1S/C21H36N2O/c1-19(2,3)14-12-15(20(4,5)6)17(22-18(24)23(10)11)16(13-14)21(7,8)9/h12-13H,1-11H3,(H,22,24). The number of rotatable bonds is 1. The van der Waals surface area contributed by atoms with E-state index in [-0.39, 0.29) is 22.3 Å². The summed E-state index contributed by atoms with van der Waals surface area (Å²) in [5.74, 6) is 0. The van der Waals surface area contributed by atoms with Crippen LogP contribution in [0.1, 0.15) is 79.0 Å². The highest BCUT2D eigenvalue weighted by molar-refractivity contribution is 5.91. The summed E-state index contributed by atoms with van der Waals surface area (Å²) < 4.78 is 0. The van der Waals surface area contributed by atoms with Crippen LogP contribution in [0.15, 0.2) is 12.1 Å². The first-order valence-electron chi connectivity index (χ1n) is 8.73. The number of urea groups is 1. The Kier molecular flexibility index (Phi) is 5.49. The molecule has 0 saturated carbocycles. The molecule has 0 atom stereocenters. The summed E-state index contributed by atoms with van der Waals surface area (Å²) in [5.41, 5.74) is 4.59. The first-order chi connectivity index (χ1) is 10.5. The van der Waals surface area contributed by atoms with E-state index in [0.717, 1.165) is 5.69 Å². The lowest BCUT2D eigenvalue weighted by Gasteiger charge is -2.34. The third-order valence-electron chi connectivity index (χ3n) is 4.26. The number of nitrogens with one attached hydrogen (secondary N) is 1. The maximum Gasteiger partial charge on any atom is 0.321 e. The molecule has 0 aliphatic rings. The minimum atomic E-state index is -0.0884. The zero-order chi connectivity index (χ0) is 19.1. The Hall–Kier alpha value is -1.51. The molecule has 3 nitrogen and oxygen atoms in total. The molecule has 0 heterocycles. The zero-order valence-corrected chi connectivity index (χ0v) is 17.5. The Morgan fingerprint density at radius 2 is 1.17 bits per heavy atom. The smallest absolute Gasteiger partial charge is 0.321 e. The average Bonchev–Trinajstić information content (AvgIpc) is 2.34. The van der Waals surface area contributed by atoms with Crippen molar-refractivity contribution in [3.05, 3.63) is 28.8 Å². The van der Waals surface area contributed by atoms with E-state index in [2.05, 4.69) is 79.8 Å². The van der Waals surface area contributed by atoms with Crippen LogP contribution < -0.4 is 5.32 Å². The molecule has 0 saturated heterocycles. The Labute approximate surface area is 148 Å². The molecule has 3 heteroatoms. The van der Waals surface area contributed by atoms with Gasteiger partial charge in [-0.25, -0.2) is 4.79 Å². The van der Waals surface area contributed by atoms with Gasteiger partial charge in [0.2, 0.25) is 0 Å². The third kappa shape index (κ3) is 4.75. The molecule has 0 spiro atoms. The summed E-state index contributed by atoms with van der Waals surface area (Å²) >= 11 is 0. The van der Waals surface area contributed by atoms with Gasteiger partial charge in [0.15, 0.2) is 0 Å². The molecule has 1 aromatic carbocycles. The molecule has 0 bridgehead atoms. The van der Waals surface area contributed by atoms with E-state index in [4.69, 9.17) is 0 Å². The van der Waals surface area contributed by atoms with Gasteiger partial charge in [-0.05, 0) is 32.9 Å². The van der Waals surface area contributed by atoms with Gasteiger partial charge < -0.3 is 10.2 Å². The number of amides is 2. The summed E-state index contributed by atoms with van der Waals surface area (Å²) in [6, 6.07) is 4.44. The van der Waals surface area contributed by atoms with Gasteiger partial charge in [0.1, 0.15) is 0 Å². The Morgan fingerprint density at radius 3 is 1.42 bits per heavy atom. The number of benzene rings is 1. The van der Waals surface area contributed by atoms with Crippen LogP contribution in [0, 0.1) is 0 Å². The molecule has 0 fully saturated rings. The van der Waals surface area contributed by atoms with Gasteiger partial charge in [0.05, 0.1) is 0 Å². The van der Waals surface area contributed by atoms with Crippen molar-refractivity contribution < 1.29 is 4.79 Å². The summed E-state index contributed by atoms with van der Waals surface area (Å²) in [6.07, 6.45) is 0. The fraction of sp³-hybridized carbons (Fsp3) is 0.667. The predicted molar refractivity (Wildman–Crippen MR) is 105 cm³/mol. The first kappa shape index (κ1) is 20.5. The Morgan fingerprint density at radius 1 is 0.792 bits per heavy atom. The third-order valence-corrected chi connectivity index (χ3v) is 4.26. The molecule has 0 aliphatic carbocycles. The van der Waals surface area contributed by atoms with Crippen LogP contribution in [-0.2, 0) is 16.2 Å². The second-order valence-corrected chi connectivity index (χ2v) is 10.0. The van der Waals surface area contributed by atoms with Crippen LogP contribution in [-0.4, -0.2) is 25.0 Å². The van der Waals surface area contributed by atoms with E-state index in [1.165, 1.54) is 16.7 Å². The predicted octanol–water partition coefficient (Wildman–Crippen LogP) is 5.67. The molecular weight excluding hydrogens is 296 g/mol. The summed E-state index contributed by atoms with van der Waals surface area (Å²) in [5, 5.41) is 3.16. The second-order valence-electron chi connectivity index (χ2n) is 10.0. The van der Waals surface area contributed by atoms with Crippen molar-refractivity contribution in [3.8, 4) is 0 Å². The number of hydrogen-bond acceptors (Lipinski definition) is 1. The number of anilines is 1. The lowest BCUT2D eigenvalue weighted by Crippen LogP contribution is -2.31. The summed E-state index contributed by atoms with van der Waals surface area (Å²) in [4.78, 5) is 13.9. The van der Waals surface area contributed by atoms with Crippen LogP contribution >= 0.6 is 0 Å². The van der Waals surface area contributed by atoms with Crippen molar-refractivity contribution in [2.45, 2.75) is 78.6 Å². The SMILES string of the molecule is CN(C)C(=O)Nc1c(C(C)(C)C)cc(C(C)(C)C)cc1C(C)(C)C. The fourth-order valence-electron chi connectivity index (χ4n) is 2.61. The number of carbonyl (C=O) groups excluding carboxylic acids is 1. The van der Waals surface area contributed by atoms with Gasteiger partial charge in [-0.2, -0.15) is 0 Å². The van der Waals surface area contributed by atoms with Crippen LogP contribution in [0.25, 0.3) is 0 Å². The lowest BCUT2D eigenvalue weighted by atomic mass is 9.74. The van der Waals surface area contributed by atoms with E-state index in [1.807, 2.05) is 0 Å². The zero-order valence-electron chi connectivity index (χ0n) is 17.5. The van der Waals surface area contributed by atoms with Crippen molar-refractivity contribution in [1.29, 1.82) is 0 Å². The molecule has 1 rings (SSSR count). The topological polar surface area (TPSA) is 32.3 Å². The van der Waals surface area contributed by atoms with Crippen molar-refractivity contribution in [2.75, 3.05) is 19.4 Å². The van der Waals surface area contributed by atoms with Gasteiger partial charge in [-0.3, -0.25) is 0 Å². The van der Waals surface area contributed by atoms with E-state index >= 15 is 0 Å². The maximum absolute atomic E-state index is 12.4. The molecule has 0 aromatic heterocycles. The lowest BCUT2D eigenvalue weighted by molar-refractivity contribution is 0.230. The molecular formula is C21H36N2O. The average molecular weight is 333 g/mol. The molecule has 0 radical (unpaired) electrons. The highest BCUT2D eigenvalue weighted by Gasteiger charge is 2.30. The van der Waals surface area contributed by atoms with E-state index in [1.54, 1.807) is 19.0 Å². The van der Waals surface area contributed by atoms with Crippen LogP contribution in [0.4, 0.5) is 10.5 Å². The highest BCUT2D eigenvalue weighted by Crippen LogP contribution is 2.41. The molecule has 136 valence electrons. The largest absolute Gasteiger partial charge is 0.331 e. The van der Waals surface area contributed by atoms with Crippen molar-refractivity contribution in [1.82, 2.24) is 4.90 Å². The molecule has 24 heavy (non-hydrogen) atoms. The quantitative estimate of drug-likeness (QED) is 0.705. The van der Waals surface area contributed by atoms with Gasteiger partial charge in [0.25, 0.3) is 0 Å². The molecule has 1 aromatic rings. The monoisotopic (exact) mass is 332 g/mol. The minimum Gasteiger partial charge on any atom is -0.331 e. The Balaban J connectivity index is 3.78. The fourth-order valence-corrected chi connectivity index (χ4v) is 2.61. The van der Waals surface area contributed by atoms with Gasteiger partial charge >= 0.3 is 6.03 Å². The molecule has 1 N–H and O–H groups in total. The second kappa shape index (κ2) is 6.42. The molecule has 2 amide bonds. The van der Waals surface area contributed by atoms with Gasteiger partial charge in [-0.15, -0.1) is 0 Å². The normalized spacial score (nSPS) is 13.0. The highest BCUT2D eigenvalue weighted by atomic mass is 16.2. The van der Waals surface area contributed by atoms with E-state index in [9.17, 15) is 4.79 Å². The van der Waals surface area contributed by atoms with Crippen LogP contribution in [0.3, 0.4) is 0 Å². The van der Waals surface area contributed by atoms with Crippen molar-refractivity contribution in [2.24, 2.45) is 0 Å². The number of nitrogens with zero attached hydrogens (tertiary/aromatic N) is 1. The summed E-state index contributed by atoms with van der Waals surface area (Å²) in [6.45, 7) is 19.9. The van der Waals surface area contributed by atoms with E-state index in [0.29, 0.717) is 0 Å². The minimum absolute atomic E-state index is 0.0593.